The van der Waals surface area contributed by atoms with Crippen LogP contribution in [-0.2, 0) is 0 Å². The Labute approximate surface area is 103 Å². The highest BCUT2D eigenvalue weighted by Crippen LogP contribution is 2.19. The number of carbonyl (C=O) groups excluding carboxylic acids is 1. The molecule has 1 fully saturated rings. The van der Waals surface area contributed by atoms with Crippen molar-refractivity contribution in [3.8, 4) is 0 Å². The maximum atomic E-state index is 13.1. The molecule has 2 N–H and O–H groups in total. The van der Waals surface area contributed by atoms with Crippen molar-refractivity contribution < 1.29 is 9.18 Å². The molecular weight excluding hydrogens is 241 g/mol. The van der Waals surface area contributed by atoms with Gasteiger partial charge in [-0.1, -0.05) is 0 Å². The summed E-state index contributed by atoms with van der Waals surface area (Å²) in [5.74, 6) is 1.60. The molecule has 1 aromatic rings. The second-order valence-electron chi connectivity index (χ2n) is 3.83. The summed E-state index contributed by atoms with van der Waals surface area (Å²) in [5.41, 5.74) is 0.254. The minimum atomic E-state index is -0.505. The summed E-state index contributed by atoms with van der Waals surface area (Å²) < 4.78 is 13.1. The molecule has 0 bridgehead atoms. The maximum Gasteiger partial charge on any atom is 0.255 e. The van der Waals surface area contributed by atoms with Crippen LogP contribution in [0.2, 0.25) is 0 Å². The van der Waals surface area contributed by atoms with E-state index in [1.54, 1.807) is 7.05 Å². The van der Waals surface area contributed by atoms with Crippen LogP contribution < -0.4 is 10.6 Å². The third kappa shape index (κ3) is 2.88. The van der Waals surface area contributed by atoms with Crippen LogP contribution in [0.3, 0.4) is 0 Å². The molecule has 4 nitrogen and oxygen atoms in total. The van der Waals surface area contributed by atoms with Crippen LogP contribution in [0.4, 0.5) is 10.2 Å². The first-order valence-corrected chi connectivity index (χ1v) is 6.58. The molecule has 0 radical (unpaired) electrons. The van der Waals surface area contributed by atoms with Crippen LogP contribution in [-0.4, -0.2) is 35.5 Å². The predicted octanol–water partition coefficient (Wildman–Crippen LogP) is 1.50. The molecule has 2 rings (SSSR count). The van der Waals surface area contributed by atoms with Crippen molar-refractivity contribution in [2.75, 3.05) is 23.9 Å². The first kappa shape index (κ1) is 12.2. The number of rotatable bonds is 3. The molecule has 1 atom stereocenters. The Morgan fingerprint density at radius 1 is 1.65 bits per heavy atom. The molecule has 1 saturated heterocycles. The lowest BCUT2D eigenvalue weighted by Gasteiger charge is -2.13. The van der Waals surface area contributed by atoms with Crippen molar-refractivity contribution in [1.82, 2.24) is 10.3 Å². The Morgan fingerprint density at radius 3 is 3.12 bits per heavy atom. The van der Waals surface area contributed by atoms with Crippen LogP contribution in [0.25, 0.3) is 0 Å². The number of nitrogens with zero attached hydrogens (tertiary/aromatic N) is 1. The fourth-order valence-electron chi connectivity index (χ4n) is 1.72. The normalized spacial score (nSPS) is 19.1. The lowest BCUT2D eigenvalue weighted by molar-refractivity contribution is 0.0941. The number of nitrogens with one attached hydrogen (secondary N) is 2. The van der Waals surface area contributed by atoms with E-state index in [0.717, 1.165) is 24.1 Å². The molecule has 92 valence electrons. The number of pyridine rings is 1. The Morgan fingerprint density at radius 2 is 2.47 bits per heavy atom. The number of aromatic nitrogens is 1. The zero-order chi connectivity index (χ0) is 12.3. The van der Waals surface area contributed by atoms with E-state index in [4.69, 9.17) is 0 Å². The smallest absolute Gasteiger partial charge is 0.255 e. The average Bonchev–Trinajstić information content (AvgIpc) is 2.81. The third-order valence-electron chi connectivity index (χ3n) is 2.60. The predicted molar refractivity (Wildman–Crippen MR) is 66.9 cm³/mol. The number of carbonyl (C=O) groups is 1. The molecule has 6 heteroatoms. The van der Waals surface area contributed by atoms with Gasteiger partial charge in [-0.3, -0.25) is 4.79 Å². The summed E-state index contributed by atoms with van der Waals surface area (Å²) in [4.78, 5) is 15.8. The molecule has 1 unspecified atom stereocenters. The highest BCUT2D eigenvalue weighted by molar-refractivity contribution is 7.99. The van der Waals surface area contributed by atoms with Gasteiger partial charge in [-0.05, 0) is 18.2 Å². The number of anilines is 1. The number of thioether (sulfide) groups is 1. The number of halogens is 1. The highest BCUT2D eigenvalue weighted by atomic mass is 32.2. The molecular formula is C11H14FN3OS. The number of amides is 1. The molecule has 0 aliphatic carbocycles. The van der Waals surface area contributed by atoms with Crippen molar-refractivity contribution in [2.45, 2.75) is 12.5 Å². The average molecular weight is 255 g/mol. The Balaban J connectivity index is 2.14. The van der Waals surface area contributed by atoms with E-state index in [1.807, 2.05) is 11.8 Å². The maximum absolute atomic E-state index is 13.1. The summed E-state index contributed by atoms with van der Waals surface area (Å²) in [6, 6.07) is 1.39. The van der Waals surface area contributed by atoms with E-state index in [2.05, 4.69) is 15.6 Å². The molecule has 1 amide bonds. The van der Waals surface area contributed by atoms with Crippen LogP contribution in [0.1, 0.15) is 16.8 Å². The molecule has 1 aliphatic rings. The SMILES string of the molecule is CNc1ncc(F)cc1C(=O)NC1CCSC1. The van der Waals surface area contributed by atoms with E-state index in [-0.39, 0.29) is 17.5 Å². The molecule has 1 aliphatic heterocycles. The highest BCUT2D eigenvalue weighted by Gasteiger charge is 2.20. The Bertz CT molecular complexity index is 421. The second kappa shape index (κ2) is 5.35. The van der Waals surface area contributed by atoms with Gasteiger partial charge >= 0.3 is 0 Å². The largest absolute Gasteiger partial charge is 0.372 e. The zero-order valence-corrected chi connectivity index (χ0v) is 10.3. The summed E-state index contributed by atoms with van der Waals surface area (Å²) in [5, 5.41) is 5.68. The quantitative estimate of drug-likeness (QED) is 0.859. The first-order valence-electron chi connectivity index (χ1n) is 5.42. The molecule has 0 aromatic carbocycles. The van der Waals surface area contributed by atoms with Crippen molar-refractivity contribution in [1.29, 1.82) is 0 Å². The third-order valence-corrected chi connectivity index (χ3v) is 3.76. The molecule has 17 heavy (non-hydrogen) atoms. The number of hydrogen-bond acceptors (Lipinski definition) is 4. The van der Waals surface area contributed by atoms with Gasteiger partial charge < -0.3 is 10.6 Å². The summed E-state index contributed by atoms with van der Waals surface area (Å²) in [6.45, 7) is 0. The zero-order valence-electron chi connectivity index (χ0n) is 9.50. The van der Waals surface area contributed by atoms with Crippen molar-refractivity contribution in [3.05, 3.63) is 23.6 Å². The fourth-order valence-corrected chi connectivity index (χ4v) is 2.88. The van der Waals surface area contributed by atoms with Gasteiger partial charge in [0.05, 0.1) is 11.8 Å². The Hall–Kier alpha value is -1.30. The first-order chi connectivity index (χ1) is 8.20. The van der Waals surface area contributed by atoms with Crippen LogP contribution in [0, 0.1) is 5.82 Å². The van der Waals surface area contributed by atoms with Gasteiger partial charge in [-0.25, -0.2) is 9.37 Å². The minimum absolute atomic E-state index is 0.181. The molecule has 1 aromatic heterocycles. The number of hydrogen-bond donors (Lipinski definition) is 2. The van der Waals surface area contributed by atoms with E-state index in [1.165, 1.54) is 6.07 Å². The lowest BCUT2D eigenvalue weighted by atomic mass is 10.2. The van der Waals surface area contributed by atoms with E-state index in [0.29, 0.717) is 5.82 Å². The molecule has 2 heterocycles. The second-order valence-corrected chi connectivity index (χ2v) is 4.98. The molecule has 0 saturated carbocycles. The van der Waals surface area contributed by atoms with Crippen LogP contribution >= 0.6 is 11.8 Å². The van der Waals surface area contributed by atoms with Gasteiger partial charge in [0.15, 0.2) is 0 Å². The Kier molecular flexibility index (Phi) is 3.83. The van der Waals surface area contributed by atoms with Crippen LogP contribution in [0.15, 0.2) is 12.3 Å². The summed E-state index contributed by atoms with van der Waals surface area (Å²) in [7, 11) is 1.66. The van der Waals surface area contributed by atoms with Crippen molar-refractivity contribution in [2.24, 2.45) is 0 Å². The molecule has 0 spiro atoms. The van der Waals surface area contributed by atoms with E-state index >= 15 is 0 Å². The van der Waals surface area contributed by atoms with Crippen LogP contribution in [0.5, 0.6) is 0 Å². The van der Waals surface area contributed by atoms with Gasteiger partial charge in [-0.15, -0.1) is 0 Å². The van der Waals surface area contributed by atoms with E-state index < -0.39 is 5.82 Å². The standard InChI is InChI=1S/C11H14FN3OS/c1-13-10-9(4-7(12)5-14-10)11(16)15-8-2-3-17-6-8/h4-5,8H,2-3,6H2,1H3,(H,13,14)(H,15,16). The van der Waals surface area contributed by atoms with E-state index in [9.17, 15) is 9.18 Å². The van der Waals surface area contributed by atoms with Gasteiger partial charge in [0.25, 0.3) is 5.91 Å². The van der Waals surface area contributed by atoms with Gasteiger partial charge in [-0.2, -0.15) is 11.8 Å². The topological polar surface area (TPSA) is 54.0 Å². The summed E-state index contributed by atoms with van der Waals surface area (Å²) in [6.07, 6.45) is 2.06. The fraction of sp³-hybridized carbons (Fsp3) is 0.455. The van der Waals surface area contributed by atoms with Crippen molar-refractivity contribution >= 4 is 23.5 Å². The van der Waals surface area contributed by atoms with Gasteiger partial charge in [0.1, 0.15) is 11.6 Å². The van der Waals surface area contributed by atoms with Crippen molar-refractivity contribution in [3.63, 3.8) is 0 Å². The van der Waals surface area contributed by atoms with Gasteiger partial charge in [0.2, 0.25) is 0 Å². The minimum Gasteiger partial charge on any atom is -0.372 e. The lowest BCUT2D eigenvalue weighted by Crippen LogP contribution is -2.35. The van der Waals surface area contributed by atoms with Gasteiger partial charge in [0, 0.05) is 18.8 Å². The summed E-state index contributed by atoms with van der Waals surface area (Å²) >= 11 is 1.81. The monoisotopic (exact) mass is 255 g/mol.